The van der Waals surface area contributed by atoms with Crippen molar-refractivity contribution >= 4 is 35.0 Å². The van der Waals surface area contributed by atoms with E-state index < -0.39 is 0 Å². The van der Waals surface area contributed by atoms with Gasteiger partial charge in [-0.3, -0.25) is 4.57 Å². The van der Waals surface area contributed by atoms with E-state index in [4.69, 9.17) is 27.9 Å². The number of rotatable bonds is 7. The van der Waals surface area contributed by atoms with Crippen molar-refractivity contribution in [3.63, 3.8) is 0 Å². The Kier molecular flexibility index (Phi) is 5.57. The third kappa shape index (κ3) is 4.23. The van der Waals surface area contributed by atoms with E-state index in [9.17, 15) is 4.39 Å². The molecular formula is C19H16Cl2FN3OS. The van der Waals surface area contributed by atoms with Crippen LogP contribution in [0.3, 0.4) is 0 Å². The third-order valence-electron chi connectivity index (χ3n) is 4.16. The van der Waals surface area contributed by atoms with Gasteiger partial charge in [0.05, 0.1) is 17.2 Å². The molecule has 0 radical (unpaired) electrons. The van der Waals surface area contributed by atoms with Crippen LogP contribution in [-0.4, -0.2) is 27.1 Å². The van der Waals surface area contributed by atoms with Crippen LogP contribution in [0.1, 0.15) is 18.9 Å². The molecule has 2 aromatic carbocycles. The molecule has 3 aromatic rings. The molecule has 140 valence electrons. The number of hydrogen-bond donors (Lipinski definition) is 0. The number of nitrogens with zero attached hydrogens (tertiary/aromatic N) is 3. The number of aromatic nitrogens is 3. The second-order valence-corrected chi connectivity index (χ2v) is 8.06. The summed E-state index contributed by atoms with van der Waals surface area (Å²) in [6.45, 7) is 0.457. The Morgan fingerprint density at radius 3 is 2.70 bits per heavy atom. The minimum Gasteiger partial charge on any atom is -0.491 e. The lowest BCUT2D eigenvalue weighted by Crippen LogP contribution is -2.04. The van der Waals surface area contributed by atoms with Crippen molar-refractivity contribution in [3.05, 3.63) is 58.3 Å². The van der Waals surface area contributed by atoms with Gasteiger partial charge in [0.25, 0.3) is 0 Å². The number of ether oxygens (including phenoxy) is 1. The molecule has 1 aromatic heterocycles. The van der Waals surface area contributed by atoms with Gasteiger partial charge >= 0.3 is 0 Å². The lowest BCUT2D eigenvalue weighted by molar-refractivity contribution is 0.344. The van der Waals surface area contributed by atoms with Crippen LogP contribution in [0.25, 0.3) is 11.4 Å². The van der Waals surface area contributed by atoms with E-state index in [0.717, 1.165) is 18.0 Å². The van der Waals surface area contributed by atoms with Gasteiger partial charge < -0.3 is 4.74 Å². The Labute approximate surface area is 170 Å². The van der Waals surface area contributed by atoms with Crippen molar-refractivity contribution in [1.82, 2.24) is 14.8 Å². The van der Waals surface area contributed by atoms with E-state index in [-0.39, 0.29) is 5.82 Å². The minimum atomic E-state index is -0.288. The molecule has 0 saturated heterocycles. The summed E-state index contributed by atoms with van der Waals surface area (Å²) in [7, 11) is 0. The molecule has 0 atom stereocenters. The highest BCUT2D eigenvalue weighted by molar-refractivity contribution is 7.99. The van der Waals surface area contributed by atoms with Gasteiger partial charge in [0.2, 0.25) is 0 Å². The van der Waals surface area contributed by atoms with E-state index in [1.165, 1.54) is 17.8 Å². The topological polar surface area (TPSA) is 39.9 Å². The van der Waals surface area contributed by atoms with Crippen LogP contribution >= 0.6 is 35.0 Å². The molecule has 0 spiro atoms. The van der Waals surface area contributed by atoms with E-state index in [0.29, 0.717) is 45.6 Å². The molecule has 1 aliphatic rings. The average Bonchev–Trinajstić information content (AvgIpc) is 3.41. The van der Waals surface area contributed by atoms with Crippen LogP contribution in [0, 0.1) is 5.82 Å². The van der Waals surface area contributed by atoms with Crippen molar-refractivity contribution < 1.29 is 9.13 Å². The summed E-state index contributed by atoms with van der Waals surface area (Å²) in [5.74, 6) is 1.56. The summed E-state index contributed by atoms with van der Waals surface area (Å²) in [5.41, 5.74) is 0.480. The lowest BCUT2D eigenvalue weighted by atomic mass is 10.2. The molecule has 1 aliphatic carbocycles. The summed E-state index contributed by atoms with van der Waals surface area (Å²) >= 11 is 13.5. The lowest BCUT2D eigenvalue weighted by Gasteiger charge is -2.10. The summed E-state index contributed by atoms with van der Waals surface area (Å²) in [6.07, 6.45) is 2.12. The normalized spacial score (nSPS) is 13.7. The second-order valence-electron chi connectivity index (χ2n) is 6.16. The van der Waals surface area contributed by atoms with Crippen molar-refractivity contribution in [2.45, 2.75) is 24.0 Å². The highest BCUT2D eigenvalue weighted by atomic mass is 35.5. The average molecular weight is 424 g/mol. The van der Waals surface area contributed by atoms with E-state index >= 15 is 0 Å². The first-order chi connectivity index (χ1) is 13.1. The van der Waals surface area contributed by atoms with Gasteiger partial charge in [0, 0.05) is 16.8 Å². The first kappa shape index (κ1) is 18.6. The van der Waals surface area contributed by atoms with Crippen molar-refractivity contribution in [3.8, 4) is 17.1 Å². The molecule has 1 heterocycles. The summed E-state index contributed by atoms with van der Waals surface area (Å²) < 4.78 is 21.9. The fraction of sp³-hybridized carbons (Fsp3) is 0.263. The molecule has 8 heteroatoms. The standard InChI is InChI=1S/C19H16Cl2FN3OS/c20-12-5-8-17(15(21)11-12)26-9-10-27-19-24-23-18(25(19)13-6-7-13)14-3-1-2-4-16(14)22/h1-5,8,11,13H,6-7,9-10H2. The summed E-state index contributed by atoms with van der Waals surface area (Å²) in [5, 5.41) is 10.4. The van der Waals surface area contributed by atoms with Gasteiger partial charge in [-0.15, -0.1) is 10.2 Å². The Balaban J connectivity index is 1.44. The zero-order chi connectivity index (χ0) is 18.8. The molecule has 0 unspecified atom stereocenters. The summed E-state index contributed by atoms with van der Waals surface area (Å²) in [4.78, 5) is 0. The van der Waals surface area contributed by atoms with Gasteiger partial charge in [0.15, 0.2) is 11.0 Å². The Bertz CT molecular complexity index is 962. The van der Waals surface area contributed by atoms with Gasteiger partial charge in [-0.1, -0.05) is 47.1 Å². The van der Waals surface area contributed by atoms with Gasteiger partial charge in [-0.25, -0.2) is 4.39 Å². The zero-order valence-corrected chi connectivity index (χ0v) is 16.6. The highest BCUT2D eigenvalue weighted by Gasteiger charge is 2.30. The number of hydrogen-bond acceptors (Lipinski definition) is 4. The molecule has 4 nitrogen and oxygen atoms in total. The fourth-order valence-electron chi connectivity index (χ4n) is 2.74. The maximum absolute atomic E-state index is 14.2. The van der Waals surface area contributed by atoms with Gasteiger partial charge in [-0.2, -0.15) is 0 Å². The predicted octanol–water partition coefficient (Wildman–Crippen LogP) is 5.90. The van der Waals surface area contributed by atoms with Gasteiger partial charge in [0.1, 0.15) is 11.6 Å². The predicted molar refractivity (Wildman–Crippen MR) is 106 cm³/mol. The molecule has 1 fully saturated rings. The van der Waals surface area contributed by atoms with Crippen LogP contribution < -0.4 is 4.74 Å². The number of thioether (sulfide) groups is 1. The molecular weight excluding hydrogens is 408 g/mol. The largest absolute Gasteiger partial charge is 0.491 e. The molecule has 0 N–H and O–H groups in total. The minimum absolute atomic E-state index is 0.288. The number of benzene rings is 2. The molecule has 0 aliphatic heterocycles. The Morgan fingerprint density at radius 1 is 1.15 bits per heavy atom. The third-order valence-corrected chi connectivity index (χ3v) is 5.60. The molecule has 0 bridgehead atoms. The van der Waals surface area contributed by atoms with Crippen LogP contribution in [0.2, 0.25) is 10.0 Å². The van der Waals surface area contributed by atoms with Crippen molar-refractivity contribution in [1.29, 1.82) is 0 Å². The maximum atomic E-state index is 14.2. The van der Waals surface area contributed by atoms with Crippen molar-refractivity contribution in [2.24, 2.45) is 0 Å². The van der Waals surface area contributed by atoms with E-state index in [1.807, 2.05) is 4.57 Å². The van der Waals surface area contributed by atoms with Crippen LogP contribution in [0.4, 0.5) is 4.39 Å². The fourth-order valence-corrected chi connectivity index (χ4v) is 4.03. The molecule has 1 saturated carbocycles. The first-order valence-electron chi connectivity index (χ1n) is 8.54. The SMILES string of the molecule is Fc1ccccc1-c1nnc(SCCOc2ccc(Cl)cc2Cl)n1C1CC1. The van der Waals surface area contributed by atoms with E-state index in [1.54, 1.807) is 36.4 Å². The number of halogens is 3. The van der Waals surface area contributed by atoms with Crippen LogP contribution in [0.15, 0.2) is 47.6 Å². The smallest absolute Gasteiger partial charge is 0.191 e. The van der Waals surface area contributed by atoms with Gasteiger partial charge in [-0.05, 0) is 43.2 Å². The van der Waals surface area contributed by atoms with Crippen molar-refractivity contribution in [2.75, 3.05) is 12.4 Å². The Hall–Kier alpha value is -1.76. The molecule has 4 rings (SSSR count). The molecule has 27 heavy (non-hydrogen) atoms. The molecule has 0 amide bonds. The Morgan fingerprint density at radius 2 is 1.96 bits per heavy atom. The van der Waals surface area contributed by atoms with Crippen LogP contribution in [0.5, 0.6) is 5.75 Å². The highest BCUT2D eigenvalue weighted by Crippen LogP contribution is 2.41. The zero-order valence-electron chi connectivity index (χ0n) is 14.2. The first-order valence-corrected chi connectivity index (χ1v) is 10.3. The summed E-state index contributed by atoms with van der Waals surface area (Å²) in [6, 6.07) is 12.1. The quantitative estimate of drug-likeness (QED) is 0.350. The monoisotopic (exact) mass is 423 g/mol. The second kappa shape index (κ2) is 8.09. The van der Waals surface area contributed by atoms with E-state index in [2.05, 4.69) is 10.2 Å². The van der Waals surface area contributed by atoms with Crippen LogP contribution in [-0.2, 0) is 0 Å². The maximum Gasteiger partial charge on any atom is 0.191 e.